The van der Waals surface area contributed by atoms with E-state index in [9.17, 15) is 67.1 Å². The largest absolute Gasteiger partial charge is 0.407 e. The predicted molar refractivity (Wildman–Crippen MR) is 189 cm³/mol. The number of hydrogen-bond donors (Lipinski definition) is 5. The van der Waals surface area contributed by atoms with E-state index in [-0.39, 0.29) is 49.4 Å². The highest BCUT2D eigenvalue weighted by molar-refractivity contribution is 5.92. The Morgan fingerprint density at radius 3 is 1.37 bits per heavy atom. The number of nitrogens with two attached hydrogens (primary N) is 2. The van der Waals surface area contributed by atoms with Crippen molar-refractivity contribution in [1.82, 2.24) is 36.2 Å². The Morgan fingerprint density at radius 1 is 0.635 bits per heavy atom. The van der Waals surface area contributed by atoms with Crippen LogP contribution in [0.2, 0.25) is 0 Å². The van der Waals surface area contributed by atoms with E-state index in [0.717, 1.165) is 24.3 Å². The number of anilines is 2. The van der Waals surface area contributed by atoms with Crippen molar-refractivity contribution in [3.8, 4) is 0 Å². The standard InChI is InChI=1S/C17H15F6N7O3.C16H14F6N6O2/c1-25-11-3-2-9(6-10(11)17(21,22)23)30(8-16(18,19)20)7-12-27-13(33-29-12)4-5-26-15(32)28-14(24)31;1-24-11-3-2-9(6-10(11)16(20,21)22)28(8-15(17,18)19)7-12-26-13(30-27-12)4-5-25-14(23)29/h2-3,6H,4-5,7-8H2,(H4,24,26,28,31,32);2-3,6H,4-5,7-8H2,(H3,23,25,29). The van der Waals surface area contributed by atoms with Crippen LogP contribution < -0.4 is 37.2 Å². The summed E-state index contributed by atoms with van der Waals surface area (Å²) in [6, 6.07) is 1.64. The number of benzene rings is 2. The van der Waals surface area contributed by atoms with Gasteiger partial charge in [0.2, 0.25) is 11.8 Å². The molecule has 0 saturated carbocycles. The van der Waals surface area contributed by atoms with Gasteiger partial charge in [0.25, 0.3) is 0 Å². The molecule has 2 aromatic heterocycles. The molecule has 0 saturated heterocycles. The first-order chi connectivity index (χ1) is 29.2. The molecular formula is C33H29F12N13O5. The van der Waals surface area contributed by atoms with Crippen molar-refractivity contribution in [1.29, 1.82) is 0 Å². The lowest BCUT2D eigenvalue weighted by Crippen LogP contribution is -2.42. The van der Waals surface area contributed by atoms with Gasteiger partial charge in [-0.2, -0.15) is 62.7 Å². The fourth-order valence-corrected chi connectivity index (χ4v) is 4.99. The second kappa shape index (κ2) is 20.8. The third-order valence-corrected chi connectivity index (χ3v) is 7.47. The highest BCUT2D eigenvalue weighted by Gasteiger charge is 2.38. The third-order valence-electron chi connectivity index (χ3n) is 7.47. The second-order valence-corrected chi connectivity index (χ2v) is 12.3. The maximum Gasteiger partial charge on any atom is 0.407 e. The molecule has 7 N–H and O–H groups in total. The van der Waals surface area contributed by atoms with Gasteiger partial charge in [-0.05, 0) is 24.3 Å². The van der Waals surface area contributed by atoms with Gasteiger partial charge in [0, 0.05) is 37.3 Å². The quantitative estimate of drug-likeness (QED) is 0.0673. The van der Waals surface area contributed by atoms with Crippen molar-refractivity contribution in [2.75, 3.05) is 36.0 Å². The molecule has 0 spiro atoms. The summed E-state index contributed by atoms with van der Waals surface area (Å²) < 4.78 is 167. The fraction of sp³-hybridized carbons (Fsp3) is 0.364. The Bertz CT molecular complexity index is 2300. The molecule has 63 heavy (non-hydrogen) atoms. The first-order valence-electron chi connectivity index (χ1n) is 17.0. The van der Waals surface area contributed by atoms with E-state index in [1.807, 2.05) is 0 Å². The number of urea groups is 3. The second-order valence-electron chi connectivity index (χ2n) is 12.3. The molecule has 0 bridgehead atoms. The van der Waals surface area contributed by atoms with E-state index >= 15 is 0 Å². The summed E-state index contributed by atoms with van der Waals surface area (Å²) in [5.41, 5.74) is 4.54. The van der Waals surface area contributed by atoms with Gasteiger partial charge in [0.15, 0.2) is 23.0 Å². The zero-order chi connectivity index (χ0) is 47.3. The number of nitrogens with one attached hydrogen (secondary N) is 3. The minimum atomic E-state index is -4.95. The lowest BCUT2D eigenvalue weighted by atomic mass is 10.1. The molecule has 0 aliphatic heterocycles. The molecule has 0 radical (unpaired) electrons. The number of halogens is 12. The molecule has 0 aliphatic carbocycles. The number of hydrogen-bond acceptors (Lipinski definition) is 11. The Kier molecular flexibility index (Phi) is 16.5. The molecule has 6 amide bonds. The monoisotopic (exact) mass is 915 g/mol. The highest BCUT2D eigenvalue weighted by Crippen LogP contribution is 2.41. The summed E-state index contributed by atoms with van der Waals surface area (Å²) in [6.45, 7) is 9.10. The summed E-state index contributed by atoms with van der Waals surface area (Å²) in [4.78, 5) is 46.7. The minimum Gasteiger partial charge on any atom is -0.355 e. The summed E-state index contributed by atoms with van der Waals surface area (Å²) >= 11 is 0. The normalized spacial score (nSPS) is 11.7. The number of aromatic nitrogens is 4. The van der Waals surface area contributed by atoms with E-state index < -0.39 is 103 Å². The number of carbonyl (C=O) groups is 3. The molecule has 4 rings (SSSR count). The van der Waals surface area contributed by atoms with Gasteiger partial charge in [-0.25, -0.2) is 24.1 Å². The summed E-state index contributed by atoms with van der Waals surface area (Å²) in [5, 5.41) is 13.2. The van der Waals surface area contributed by atoms with Crippen molar-refractivity contribution in [2.45, 2.75) is 50.6 Å². The van der Waals surface area contributed by atoms with Crippen LogP contribution in [0.5, 0.6) is 0 Å². The Morgan fingerprint density at radius 2 is 1.03 bits per heavy atom. The number of alkyl halides is 12. The van der Waals surface area contributed by atoms with Crippen LogP contribution >= 0.6 is 0 Å². The Labute approximate surface area is 345 Å². The molecule has 0 fully saturated rings. The molecule has 0 unspecified atom stereocenters. The van der Waals surface area contributed by atoms with Crippen LogP contribution in [-0.4, -0.2) is 76.9 Å². The smallest absolute Gasteiger partial charge is 0.355 e. The Hall–Kier alpha value is -7.53. The molecule has 0 atom stereocenters. The van der Waals surface area contributed by atoms with Crippen LogP contribution in [-0.2, 0) is 38.3 Å². The topological polar surface area (TPSA) is 232 Å². The first-order valence-corrected chi connectivity index (χ1v) is 17.0. The predicted octanol–water partition coefficient (Wildman–Crippen LogP) is 6.55. The average Bonchev–Trinajstić information content (AvgIpc) is 3.80. The van der Waals surface area contributed by atoms with Crippen molar-refractivity contribution in [2.24, 2.45) is 11.5 Å². The van der Waals surface area contributed by atoms with Gasteiger partial charge in [-0.1, -0.05) is 22.4 Å². The molecule has 30 heteroatoms. The average molecular weight is 916 g/mol. The van der Waals surface area contributed by atoms with Gasteiger partial charge < -0.3 is 40.9 Å². The van der Waals surface area contributed by atoms with E-state index in [2.05, 4.69) is 40.6 Å². The molecular weight excluding hydrogens is 886 g/mol. The van der Waals surface area contributed by atoms with Crippen LogP contribution in [0.3, 0.4) is 0 Å². The first kappa shape index (κ1) is 49.8. The van der Waals surface area contributed by atoms with Crippen LogP contribution in [0, 0.1) is 13.1 Å². The molecule has 340 valence electrons. The maximum atomic E-state index is 13.2. The van der Waals surface area contributed by atoms with E-state index in [1.54, 1.807) is 5.32 Å². The lowest BCUT2D eigenvalue weighted by Gasteiger charge is -2.25. The van der Waals surface area contributed by atoms with Gasteiger partial charge >= 0.3 is 42.8 Å². The number of nitrogens with zero attached hydrogens (tertiary/aromatic N) is 8. The van der Waals surface area contributed by atoms with Gasteiger partial charge in [-0.3, -0.25) is 5.32 Å². The van der Waals surface area contributed by atoms with Crippen molar-refractivity contribution in [3.05, 3.63) is 93.8 Å². The van der Waals surface area contributed by atoms with Gasteiger partial charge in [-0.15, -0.1) is 0 Å². The van der Waals surface area contributed by atoms with E-state index in [4.69, 9.17) is 33.7 Å². The number of amides is 6. The van der Waals surface area contributed by atoms with Crippen molar-refractivity contribution in [3.63, 3.8) is 0 Å². The van der Waals surface area contributed by atoms with E-state index in [1.165, 1.54) is 0 Å². The number of imide groups is 1. The fourth-order valence-electron chi connectivity index (χ4n) is 4.99. The number of rotatable bonds is 14. The van der Waals surface area contributed by atoms with Crippen LogP contribution in [0.15, 0.2) is 45.4 Å². The molecule has 2 heterocycles. The SMILES string of the molecule is [C-]#[N+]c1ccc(N(Cc2noc(CCNC(=O)NC(N)=O)n2)CC(F)(F)F)cc1C(F)(F)F.[C-]#[N+]c1ccc(N(Cc2noc(CCNC(N)=O)n2)CC(F)(F)F)cc1C(F)(F)F. The van der Waals surface area contributed by atoms with Gasteiger partial charge in [0.05, 0.1) is 37.4 Å². The third kappa shape index (κ3) is 16.8. The van der Waals surface area contributed by atoms with Crippen LogP contribution in [0.1, 0.15) is 34.6 Å². The van der Waals surface area contributed by atoms with Gasteiger partial charge in [0.1, 0.15) is 13.1 Å². The Balaban J connectivity index is 0.000000337. The number of primary amides is 2. The summed E-state index contributed by atoms with van der Waals surface area (Å²) in [6.07, 6.45) is -19.4. The molecule has 18 nitrogen and oxygen atoms in total. The van der Waals surface area contributed by atoms with E-state index in [0.29, 0.717) is 21.9 Å². The summed E-state index contributed by atoms with van der Waals surface area (Å²) in [5.74, 6) is -0.574. The summed E-state index contributed by atoms with van der Waals surface area (Å²) in [7, 11) is 0. The van der Waals surface area contributed by atoms with Crippen molar-refractivity contribution >= 4 is 40.8 Å². The molecule has 4 aromatic rings. The molecule has 2 aromatic carbocycles. The highest BCUT2D eigenvalue weighted by atomic mass is 19.4. The zero-order valence-electron chi connectivity index (χ0n) is 31.4. The zero-order valence-corrected chi connectivity index (χ0v) is 31.4. The van der Waals surface area contributed by atoms with Crippen LogP contribution in [0.4, 0.5) is 89.8 Å². The number of carbonyl (C=O) groups excluding carboxylic acids is 3. The van der Waals surface area contributed by atoms with Crippen LogP contribution in [0.25, 0.3) is 9.69 Å². The lowest BCUT2D eigenvalue weighted by molar-refractivity contribution is -0.137. The molecule has 0 aliphatic rings. The minimum absolute atomic E-state index is 0.00922. The maximum absolute atomic E-state index is 13.2. The van der Waals surface area contributed by atoms with Crippen molar-refractivity contribution < 1.29 is 76.1 Å².